The molecule has 0 amide bonds. The van der Waals surface area contributed by atoms with Crippen LogP contribution in [0.5, 0.6) is 5.75 Å². The number of fused-ring (bicyclic) bond motifs is 1. The number of anilines is 1. The molecule has 0 fully saturated rings. The second-order valence-electron chi connectivity index (χ2n) is 8.46. The minimum Gasteiger partial charge on any atom is -0.486 e. The van der Waals surface area contributed by atoms with E-state index >= 15 is 0 Å². The number of esters is 1. The van der Waals surface area contributed by atoms with Crippen LogP contribution < -0.4 is 14.8 Å². The van der Waals surface area contributed by atoms with Crippen molar-refractivity contribution in [3.05, 3.63) is 53.9 Å². The van der Waals surface area contributed by atoms with Gasteiger partial charge in [-0.2, -0.15) is 0 Å². The number of likely N-dealkylation sites (N-methyl/N-ethyl adjacent to an activating group) is 1. The van der Waals surface area contributed by atoms with Crippen LogP contribution in [0.2, 0.25) is 0 Å². The third kappa shape index (κ3) is 6.73. The number of rotatable bonds is 12. The summed E-state index contributed by atoms with van der Waals surface area (Å²) in [5.41, 5.74) is 7.74. The van der Waals surface area contributed by atoms with Crippen molar-refractivity contribution in [3.63, 3.8) is 0 Å². The highest BCUT2D eigenvalue weighted by Gasteiger charge is 2.21. The lowest BCUT2D eigenvalue weighted by Crippen LogP contribution is -2.36. The van der Waals surface area contributed by atoms with Crippen molar-refractivity contribution in [1.29, 1.82) is 5.41 Å². The van der Waals surface area contributed by atoms with Crippen molar-refractivity contribution in [2.75, 3.05) is 44.4 Å². The SMILES string of the molecule is CCOC(=O)Cn1c(COc2ccc(C(=N)N)cc2)nc2cc(N(CCN(C)C)S(C)(=O)=O)ccc21. The van der Waals surface area contributed by atoms with Gasteiger partial charge in [-0.15, -0.1) is 0 Å². The van der Waals surface area contributed by atoms with E-state index in [1.807, 2.05) is 19.0 Å². The van der Waals surface area contributed by atoms with Gasteiger partial charge in [0.25, 0.3) is 0 Å². The fourth-order valence-corrected chi connectivity index (χ4v) is 4.51. The summed E-state index contributed by atoms with van der Waals surface area (Å²) in [6, 6.07) is 11.9. The number of benzene rings is 2. The molecule has 3 N–H and O–H groups in total. The highest BCUT2D eigenvalue weighted by atomic mass is 32.2. The average molecular weight is 517 g/mol. The zero-order valence-corrected chi connectivity index (χ0v) is 21.7. The van der Waals surface area contributed by atoms with E-state index in [4.69, 9.17) is 20.6 Å². The number of nitrogens with one attached hydrogen (secondary N) is 1. The van der Waals surface area contributed by atoms with E-state index in [9.17, 15) is 13.2 Å². The smallest absolute Gasteiger partial charge is 0.326 e. The van der Waals surface area contributed by atoms with Gasteiger partial charge in [0, 0.05) is 18.7 Å². The van der Waals surface area contributed by atoms with E-state index in [2.05, 4.69) is 4.98 Å². The highest BCUT2D eigenvalue weighted by molar-refractivity contribution is 7.92. The van der Waals surface area contributed by atoms with Crippen molar-refractivity contribution < 1.29 is 22.7 Å². The largest absolute Gasteiger partial charge is 0.486 e. The Kier molecular flexibility index (Phi) is 8.53. The molecule has 0 saturated carbocycles. The van der Waals surface area contributed by atoms with Gasteiger partial charge in [-0.1, -0.05) is 0 Å². The molecular formula is C24H32N6O5S. The number of nitrogen functional groups attached to an aromatic ring is 1. The average Bonchev–Trinajstić information content (AvgIpc) is 3.13. The predicted octanol–water partition coefficient (Wildman–Crippen LogP) is 1.79. The summed E-state index contributed by atoms with van der Waals surface area (Å²) in [6.07, 6.45) is 1.17. The van der Waals surface area contributed by atoms with E-state index in [1.165, 1.54) is 10.6 Å². The van der Waals surface area contributed by atoms with Crippen LogP contribution >= 0.6 is 0 Å². The molecule has 3 rings (SSSR count). The van der Waals surface area contributed by atoms with Crippen molar-refractivity contribution in [1.82, 2.24) is 14.5 Å². The van der Waals surface area contributed by atoms with Gasteiger partial charge in [-0.05, 0) is 63.5 Å². The number of hydrogen-bond acceptors (Lipinski definition) is 8. The summed E-state index contributed by atoms with van der Waals surface area (Å²) in [6.45, 7) is 2.80. The van der Waals surface area contributed by atoms with Crippen LogP contribution in [-0.4, -0.2) is 74.7 Å². The van der Waals surface area contributed by atoms with Gasteiger partial charge in [0.15, 0.2) is 0 Å². The second-order valence-corrected chi connectivity index (χ2v) is 10.4. The first-order valence-electron chi connectivity index (χ1n) is 11.3. The monoisotopic (exact) mass is 516 g/mol. The Balaban J connectivity index is 1.96. The molecule has 3 aromatic rings. The molecular weight excluding hydrogens is 484 g/mol. The molecule has 1 aromatic heterocycles. The minimum atomic E-state index is -3.52. The number of nitrogens with zero attached hydrogens (tertiary/aromatic N) is 4. The number of hydrogen-bond donors (Lipinski definition) is 2. The van der Waals surface area contributed by atoms with E-state index in [-0.39, 0.29) is 32.1 Å². The van der Waals surface area contributed by atoms with Crippen LogP contribution in [0.3, 0.4) is 0 Å². The summed E-state index contributed by atoms with van der Waals surface area (Å²) >= 11 is 0. The summed E-state index contributed by atoms with van der Waals surface area (Å²) in [7, 11) is 0.233. The molecule has 0 saturated heterocycles. The topological polar surface area (TPSA) is 144 Å². The Bertz CT molecular complexity index is 1340. The minimum absolute atomic E-state index is 0.0395. The number of aromatic nitrogens is 2. The van der Waals surface area contributed by atoms with Gasteiger partial charge >= 0.3 is 5.97 Å². The Morgan fingerprint density at radius 1 is 1.14 bits per heavy atom. The molecule has 2 aromatic carbocycles. The number of carbonyl (C=O) groups is 1. The lowest BCUT2D eigenvalue weighted by molar-refractivity contribution is -0.143. The summed E-state index contributed by atoms with van der Waals surface area (Å²) in [5, 5.41) is 7.50. The van der Waals surface area contributed by atoms with Crippen LogP contribution in [-0.2, 0) is 32.7 Å². The number of ether oxygens (including phenoxy) is 2. The molecule has 0 atom stereocenters. The Hall–Kier alpha value is -3.64. The molecule has 0 bridgehead atoms. The maximum absolute atomic E-state index is 12.5. The molecule has 0 spiro atoms. The number of nitrogens with two attached hydrogens (primary N) is 1. The molecule has 0 aliphatic heterocycles. The van der Waals surface area contributed by atoms with E-state index in [0.717, 1.165) is 0 Å². The molecule has 194 valence electrons. The Labute approximate surface area is 211 Å². The van der Waals surface area contributed by atoms with Crippen LogP contribution in [0.4, 0.5) is 5.69 Å². The number of amidine groups is 1. The van der Waals surface area contributed by atoms with Gasteiger partial charge in [0.1, 0.15) is 30.6 Å². The van der Waals surface area contributed by atoms with Crippen molar-refractivity contribution in [3.8, 4) is 5.75 Å². The zero-order chi connectivity index (χ0) is 26.5. The van der Waals surface area contributed by atoms with Gasteiger partial charge in [0.2, 0.25) is 10.0 Å². The molecule has 0 aliphatic carbocycles. The molecule has 0 radical (unpaired) electrons. The number of carbonyl (C=O) groups excluding carboxylic acids is 1. The number of imidazole rings is 1. The van der Waals surface area contributed by atoms with Gasteiger partial charge in [-0.25, -0.2) is 13.4 Å². The van der Waals surface area contributed by atoms with Gasteiger partial charge in [0.05, 0.1) is 29.6 Å². The van der Waals surface area contributed by atoms with Gasteiger partial charge < -0.3 is 24.7 Å². The fraction of sp³-hybridized carbons (Fsp3) is 0.375. The molecule has 0 unspecified atom stereocenters. The Morgan fingerprint density at radius 2 is 1.83 bits per heavy atom. The van der Waals surface area contributed by atoms with Crippen LogP contribution in [0.25, 0.3) is 11.0 Å². The first kappa shape index (κ1) is 27.0. The maximum atomic E-state index is 12.5. The second kappa shape index (κ2) is 11.4. The molecule has 12 heteroatoms. The summed E-state index contributed by atoms with van der Waals surface area (Å²) in [5.74, 6) is 0.561. The normalized spacial score (nSPS) is 11.6. The van der Waals surface area contributed by atoms with E-state index < -0.39 is 16.0 Å². The molecule has 36 heavy (non-hydrogen) atoms. The lowest BCUT2D eigenvalue weighted by Gasteiger charge is -2.24. The molecule has 11 nitrogen and oxygen atoms in total. The Morgan fingerprint density at radius 3 is 2.42 bits per heavy atom. The first-order valence-corrected chi connectivity index (χ1v) is 13.2. The van der Waals surface area contributed by atoms with E-state index in [0.29, 0.717) is 40.4 Å². The first-order chi connectivity index (χ1) is 17.0. The van der Waals surface area contributed by atoms with Crippen LogP contribution in [0.15, 0.2) is 42.5 Å². The van der Waals surface area contributed by atoms with Crippen molar-refractivity contribution in [2.24, 2.45) is 5.73 Å². The summed E-state index contributed by atoms with van der Waals surface area (Å²) in [4.78, 5) is 18.9. The molecule has 0 aliphatic rings. The van der Waals surface area contributed by atoms with Gasteiger partial charge in [-0.3, -0.25) is 14.5 Å². The van der Waals surface area contributed by atoms with E-state index in [1.54, 1.807) is 54.0 Å². The highest BCUT2D eigenvalue weighted by Crippen LogP contribution is 2.26. The number of sulfonamides is 1. The predicted molar refractivity (Wildman–Crippen MR) is 139 cm³/mol. The maximum Gasteiger partial charge on any atom is 0.326 e. The zero-order valence-electron chi connectivity index (χ0n) is 20.9. The fourth-order valence-electron chi connectivity index (χ4n) is 3.60. The quantitative estimate of drug-likeness (QED) is 0.211. The lowest BCUT2D eigenvalue weighted by atomic mass is 10.2. The third-order valence-electron chi connectivity index (χ3n) is 5.38. The third-order valence-corrected chi connectivity index (χ3v) is 6.57. The van der Waals surface area contributed by atoms with Crippen molar-refractivity contribution >= 4 is 38.5 Å². The molecule has 1 heterocycles. The van der Waals surface area contributed by atoms with Crippen LogP contribution in [0, 0.1) is 5.41 Å². The van der Waals surface area contributed by atoms with Crippen molar-refractivity contribution in [2.45, 2.75) is 20.1 Å². The summed E-state index contributed by atoms with van der Waals surface area (Å²) < 4.78 is 39.0. The van der Waals surface area contributed by atoms with Crippen LogP contribution in [0.1, 0.15) is 18.3 Å². The standard InChI is InChI=1S/C24H32N6O5S/c1-5-34-23(31)15-29-21-11-8-18(30(36(4,32)33)13-12-28(2)3)14-20(21)27-22(29)16-35-19-9-6-17(7-10-19)24(25)26/h6-11,14H,5,12-13,15-16H2,1-4H3,(H3,25,26).